The Morgan fingerprint density at radius 3 is 2.47 bits per heavy atom. The second kappa shape index (κ2) is 8.52. The Morgan fingerprint density at radius 2 is 1.94 bits per heavy atom. The van der Waals surface area contributed by atoms with Crippen LogP contribution in [-0.4, -0.2) is 37.4 Å². The maximum absolute atomic E-state index is 11.2. The Balaban J connectivity index is 3.68. The van der Waals surface area contributed by atoms with Crippen LogP contribution in [0.25, 0.3) is 0 Å². The highest BCUT2D eigenvalue weighted by Crippen LogP contribution is 1.92. The van der Waals surface area contributed by atoms with Gasteiger partial charge in [0.1, 0.15) is 0 Å². The molecule has 0 saturated heterocycles. The van der Waals surface area contributed by atoms with E-state index < -0.39 is 0 Å². The van der Waals surface area contributed by atoms with Crippen LogP contribution in [0.3, 0.4) is 0 Å². The smallest absolute Gasteiger partial charge is 0.264 e. The van der Waals surface area contributed by atoms with Crippen molar-refractivity contribution in [2.75, 3.05) is 20.6 Å². The summed E-state index contributed by atoms with van der Waals surface area (Å²) in [5, 5.41) is 0. The molecule has 0 aromatic carbocycles. The zero-order chi connectivity index (χ0) is 13.3. The number of carbonyl (C=O) groups excluding carboxylic acids is 2. The Hall–Kier alpha value is -1.62. The van der Waals surface area contributed by atoms with Crippen molar-refractivity contribution in [1.29, 1.82) is 0 Å². The van der Waals surface area contributed by atoms with Crippen molar-refractivity contribution < 1.29 is 9.59 Å². The number of hydrogen-bond donors (Lipinski definition) is 2. The van der Waals surface area contributed by atoms with Crippen LogP contribution in [0.1, 0.15) is 19.8 Å². The number of unbranched alkanes of at least 4 members (excludes halogenated alkanes) is 1. The molecular weight excluding hydrogens is 218 g/mol. The highest BCUT2D eigenvalue weighted by Gasteiger charge is 2.01. The summed E-state index contributed by atoms with van der Waals surface area (Å²) in [4.78, 5) is 24.3. The Kier molecular flexibility index (Phi) is 7.71. The van der Waals surface area contributed by atoms with E-state index in [0.717, 1.165) is 19.4 Å². The number of amides is 2. The highest BCUT2D eigenvalue weighted by molar-refractivity contribution is 5.95. The maximum atomic E-state index is 11.2. The van der Waals surface area contributed by atoms with Crippen LogP contribution in [0.4, 0.5) is 0 Å². The van der Waals surface area contributed by atoms with Crippen molar-refractivity contribution in [1.82, 2.24) is 15.8 Å². The Morgan fingerprint density at radius 1 is 1.29 bits per heavy atom. The summed E-state index contributed by atoms with van der Waals surface area (Å²) < 4.78 is 0. The van der Waals surface area contributed by atoms with E-state index in [1.165, 1.54) is 6.08 Å². The number of rotatable bonds is 6. The summed E-state index contributed by atoms with van der Waals surface area (Å²) in [6.07, 6.45) is 5.02. The molecule has 0 aliphatic heterocycles. The zero-order valence-electron chi connectivity index (χ0n) is 10.7. The summed E-state index contributed by atoms with van der Waals surface area (Å²) in [7, 11) is 4.01. The van der Waals surface area contributed by atoms with Crippen molar-refractivity contribution in [3.63, 3.8) is 0 Å². The molecule has 0 unspecified atom stereocenters. The lowest BCUT2D eigenvalue weighted by atomic mass is 10.3. The van der Waals surface area contributed by atoms with Gasteiger partial charge >= 0.3 is 0 Å². The third-order valence-corrected chi connectivity index (χ3v) is 1.93. The van der Waals surface area contributed by atoms with Crippen LogP contribution in [0.15, 0.2) is 24.3 Å². The molecule has 5 heteroatoms. The van der Waals surface area contributed by atoms with E-state index in [1.807, 2.05) is 14.1 Å². The van der Waals surface area contributed by atoms with E-state index >= 15 is 0 Å². The first-order valence-electron chi connectivity index (χ1n) is 5.50. The minimum atomic E-state index is -0.389. The number of allylic oxidation sites excluding steroid dienone is 1. The molecule has 0 rings (SSSR count). The number of hydrogen-bond acceptors (Lipinski definition) is 3. The minimum absolute atomic E-state index is 0.343. The molecule has 96 valence electrons. The number of nitrogens with one attached hydrogen (secondary N) is 2. The summed E-state index contributed by atoms with van der Waals surface area (Å²) in [5.74, 6) is -0.733. The van der Waals surface area contributed by atoms with Crippen LogP contribution in [-0.2, 0) is 9.59 Å². The van der Waals surface area contributed by atoms with Gasteiger partial charge in [-0.15, -0.1) is 0 Å². The molecule has 0 aromatic heterocycles. The van der Waals surface area contributed by atoms with Crippen molar-refractivity contribution in [3.05, 3.63) is 24.3 Å². The van der Waals surface area contributed by atoms with E-state index in [0.29, 0.717) is 5.57 Å². The van der Waals surface area contributed by atoms with E-state index in [4.69, 9.17) is 0 Å². The largest absolute Gasteiger partial charge is 0.309 e. The predicted octanol–water partition coefficient (Wildman–Crippen LogP) is 0.608. The Labute approximate surface area is 103 Å². The van der Waals surface area contributed by atoms with Gasteiger partial charge in [0.05, 0.1) is 0 Å². The molecule has 17 heavy (non-hydrogen) atoms. The van der Waals surface area contributed by atoms with Crippen molar-refractivity contribution in [2.45, 2.75) is 19.8 Å². The van der Waals surface area contributed by atoms with E-state index in [-0.39, 0.29) is 11.8 Å². The second-order valence-electron chi connectivity index (χ2n) is 4.07. The van der Waals surface area contributed by atoms with Crippen LogP contribution in [0, 0.1) is 0 Å². The topological polar surface area (TPSA) is 61.4 Å². The summed E-state index contributed by atoms with van der Waals surface area (Å²) in [6.45, 7) is 6.00. The molecule has 0 fully saturated rings. The molecule has 0 bridgehead atoms. The monoisotopic (exact) mass is 239 g/mol. The van der Waals surface area contributed by atoms with Gasteiger partial charge < -0.3 is 4.90 Å². The highest BCUT2D eigenvalue weighted by atomic mass is 16.2. The zero-order valence-corrected chi connectivity index (χ0v) is 10.7. The lowest BCUT2D eigenvalue weighted by molar-refractivity contribution is -0.124. The molecule has 0 atom stereocenters. The molecule has 0 aromatic rings. The van der Waals surface area contributed by atoms with Gasteiger partial charge in [-0.1, -0.05) is 12.7 Å². The maximum Gasteiger partial charge on any atom is 0.264 e. The molecule has 2 N–H and O–H groups in total. The Bertz CT molecular complexity index is 309. The van der Waals surface area contributed by atoms with Crippen molar-refractivity contribution >= 4 is 11.8 Å². The number of nitrogens with zero attached hydrogens (tertiary/aromatic N) is 1. The summed E-state index contributed by atoms with van der Waals surface area (Å²) in [6, 6.07) is 0. The average Bonchev–Trinajstić information content (AvgIpc) is 2.24. The summed E-state index contributed by atoms with van der Waals surface area (Å²) >= 11 is 0. The van der Waals surface area contributed by atoms with Crippen molar-refractivity contribution in [3.8, 4) is 0 Å². The standard InChI is InChI=1S/C12H21N3O2/c1-10(2)12(17)14-13-11(16)8-6-5-7-9-15(3)4/h6,8H,1,5,7,9H2,2-4H3,(H,13,16)(H,14,17). The van der Waals surface area contributed by atoms with Crippen molar-refractivity contribution in [2.24, 2.45) is 0 Å². The van der Waals surface area contributed by atoms with Gasteiger partial charge in [0.2, 0.25) is 0 Å². The quantitative estimate of drug-likeness (QED) is 0.405. The first kappa shape index (κ1) is 15.4. The lowest BCUT2D eigenvalue weighted by Gasteiger charge is -2.06. The van der Waals surface area contributed by atoms with Gasteiger partial charge in [0.25, 0.3) is 11.8 Å². The molecule has 0 heterocycles. The molecule has 2 amide bonds. The van der Waals surface area contributed by atoms with Gasteiger partial charge in [-0.05, 0) is 40.4 Å². The van der Waals surface area contributed by atoms with Gasteiger partial charge in [-0.25, -0.2) is 0 Å². The first-order chi connectivity index (χ1) is 7.93. The molecule has 0 saturated carbocycles. The van der Waals surface area contributed by atoms with Crippen LogP contribution < -0.4 is 10.9 Å². The number of hydrazine groups is 1. The molecule has 0 spiro atoms. The lowest BCUT2D eigenvalue weighted by Crippen LogP contribution is -2.41. The van der Waals surface area contributed by atoms with E-state index in [1.54, 1.807) is 13.0 Å². The molecule has 0 radical (unpaired) electrons. The average molecular weight is 239 g/mol. The molecule has 5 nitrogen and oxygen atoms in total. The fraction of sp³-hybridized carbons (Fsp3) is 0.500. The predicted molar refractivity (Wildman–Crippen MR) is 68.0 cm³/mol. The van der Waals surface area contributed by atoms with E-state index in [2.05, 4.69) is 22.3 Å². The van der Waals surface area contributed by atoms with Gasteiger partial charge in [0, 0.05) is 11.6 Å². The molecule has 0 aliphatic carbocycles. The SMILES string of the molecule is C=C(C)C(=O)NNC(=O)C=CCCCN(C)C. The molecular formula is C12H21N3O2. The van der Waals surface area contributed by atoms with Crippen LogP contribution in [0.2, 0.25) is 0 Å². The van der Waals surface area contributed by atoms with E-state index in [9.17, 15) is 9.59 Å². The third-order valence-electron chi connectivity index (χ3n) is 1.93. The normalized spacial score (nSPS) is 10.6. The second-order valence-corrected chi connectivity index (χ2v) is 4.07. The van der Waals surface area contributed by atoms with Gasteiger partial charge in [0.15, 0.2) is 0 Å². The van der Waals surface area contributed by atoms with Crippen LogP contribution in [0.5, 0.6) is 0 Å². The number of carbonyl (C=O) groups is 2. The fourth-order valence-corrected chi connectivity index (χ4v) is 0.982. The minimum Gasteiger partial charge on any atom is -0.309 e. The summed E-state index contributed by atoms with van der Waals surface area (Å²) in [5.41, 5.74) is 4.86. The fourth-order valence-electron chi connectivity index (χ4n) is 0.982. The first-order valence-corrected chi connectivity index (χ1v) is 5.50. The molecule has 0 aliphatic rings. The van der Waals surface area contributed by atoms with Gasteiger partial charge in [-0.2, -0.15) is 0 Å². The van der Waals surface area contributed by atoms with Crippen LogP contribution >= 0.6 is 0 Å². The third kappa shape index (κ3) is 9.32. The van der Waals surface area contributed by atoms with Gasteiger partial charge in [-0.3, -0.25) is 20.4 Å².